The SMILES string of the molecule is CCCn1ncnc1CN1CCC[C@H]1[C@](C)(O)c1ccc(OC)cc1. The summed E-state index contributed by atoms with van der Waals surface area (Å²) in [5.41, 5.74) is -0.00140. The minimum Gasteiger partial charge on any atom is -0.497 e. The molecule has 2 aromatic rings. The van der Waals surface area contributed by atoms with Crippen LogP contribution in [-0.4, -0.2) is 44.5 Å². The number of aromatic nitrogens is 3. The average Bonchev–Trinajstić information content (AvgIpc) is 3.26. The minimum atomic E-state index is -0.918. The van der Waals surface area contributed by atoms with Crippen LogP contribution in [0.1, 0.15) is 44.5 Å². The summed E-state index contributed by atoms with van der Waals surface area (Å²) in [4.78, 5) is 6.76. The van der Waals surface area contributed by atoms with Gasteiger partial charge >= 0.3 is 0 Å². The second-order valence-electron chi connectivity index (χ2n) is 6.90. The van der Waals surface area contributed by atoms with E-state index in [2.05, 4.69) is 21.9 Å². The zero-order chi connectivity index (χ0) is 17.9. The Bertz CT molecular complexity index is 681. The Kier molecular flexibility index (Phi) is 5.39. The molecule has 0 saturated carbocycles. The second-order valence-corrected chi connectivity index (χ2v) is 6.90. The molecule has 6 heteroatoms. The molecular formula is C19H28N4O2. The molecule has 1 fully saturated rings. The van der Waals surface area contributed by atoms with Crippen molar-refractivity contribution in [2.45, 2.75) is 57.8 Å². The van der Waals surface area contributed by atoms with Crippen molar-refractivity contribution in [1.29, 1.82) is 0 Å². The van der Waals surface area contributed by atoms with Gasteiger partial charge in [-0.05, 0) is 50.4 Å². The number of nitrogens with zero attached hydrogens (tertiary/aromatic N) is 4. The normalized spacial score (nSPS) is 20.6. The predicted molar refractivity (Wildman–Crippen MR) is 96.3 cm³/mol. The summed E-state index contributed by atoms with van der Waals surface area (Å²) in [5, 5.41) is 15.6. The molecule has 1 aliphatic heterocycles. The van der Waals surface area contributed by atoms with E-state index >= 15 is 0 Å². The Labute approximate surface area is 149 Å². The quantitative estimate of drug-likeness (QED) is 0.836. The molecule has 0 bridgehead atoms. The molecule has 2 heterocycles. The molecule has 0 spiro atoms. The number of likely N-dealkylation sites (tertiary alicyclic amines) is 1. The number of methoxy groups -OCH3 is 1. The third-order valence-electron chi connectivity index (χ3n) is 5.16. The van der Waals surface area contributed by atoms with Crippen molar-refractivity contribution in [3.63, 3.8) is 0 Å². The highest BCUT2D eigenvalue weighted by molar-refractivity contribution is 5.31. The summed E-state index contributed by atoms with van der Waals surface area (Å²) in [7, 11) is 1.65. The number of aryl methyl sites for hydroxylation is 1. The molecule has 136 valence electrons. The summed E-state index contributed by atoms with van der Waals surface area (Å²) in [6, 6.07) is 7.78. The van der Waals surface area contributed by atoms with Crippen molar-refractivity contribution >= 4 is 0 Å². The average molecular weight is 344 g/mol. The molecule has 25 heavy (non-hydrogen) atoms. The van der Waals surface area contributed by atoms with Crippen LogP contribution in [0.15, 0.2) is 30.6 Å². The third kappa shape index (κ3) is 3.70. The largest absolute Gasteiger partial charge is 0.497 e. The van der Waals surface area contributed by atoms with Gasteiger partial charge in [0, 0.05) is 12.6 Å². The van der Waals surface area contributed by atoms with E-state index in [1.54, 1.807) is 13.4 Å². The molecule has 3 rings (SSSR count). The topological polar surface area (TPSA) is 63.4 Å². The maximum absolute atomic E-state index is 11.3. The lowest BCUT2D eigenvalue weighted by atomic mass is 9.86. The molecule has 6 nitrogen and oxygen atoms in total. The fourth-order valence-corrected chi connectivity index (χ4v) is 3.76. The van der Waals surface area contributed by atoms with Crippen molar-refractivity contribution < 1.29 is 9.84 Å². The van der Waals surface area contributed by atoms with Gasteiger partial charge < -0.3 is 9.84 Å². The summed E-state index contributed by atoms with van der Waals surface area (Å²) in [5.74, 6) is 1.77. The maximum Gasteiger partial charge on any atom is 0.141 e. The molecule has 0 aliphatic carbocycles. The van der Waals surface area contributed by atoms with Gasteiger partial charge in [0.25, 0.3) is 0 Å². The van der Waals surface area contributed by atoms with Crippen LogP contribution in [0.2, 0.25) is 0 Å². The van der Waals surface area contributed by atoms with Gasteiger partial charge in [0.1, 0.15) is 23.5 Å². The van der Waals surface area contributed by atoms with Crippen LogP contribution in [-0.2, 0) is 18.7 Å². The summed E-state index contributed by atoms with van der Waals surface area (Å²) in [6.07, 6.45) is 4.71. The van der Waals surface area contributed by atoms with Crippen LogP contribution in [0.3, 0.4) is 0 Å². The Hall–Kier alpha value is -1.92. The monoisotopic (exact) mass is 344 g/mol. The van der Waals surface area contributed by atoms with Gasteiger partial charge in [0.15, 0.2) is 0 Å². The van der Waals surface area contributed by atoms with Gasteiger partial charge in [0.2, 0.25) is 0 Å². The van der Waals surface area contributed by atoms with E-state index in [1.165, 1.54) is 0 Å². The zero-order valence-electron chi connectivity index (χ0n) is 15.4. The smallest absolute Gasteiger partial charge is 0.141 e. The number of hydrogen-bond acceptors (Lipinski definition) is 5. The Morgan fingerprint density at radius 2 is 2.08 bits per heavy atom. The molecule has 1 aromatic heterocycles. The molecule has 2 atom stereocenters. The van der Waals surface area contributed by atoms with E-state index in [0.29, 0.717) is 0 Å². The van der Waals surface area contributed by atoms with Crippen LogP contribution in [0.5, 0.6) is 5.75 Å². The number of rotatable bonds is 7. The van der Waals surface area contributed by atoms with E-state index in [9.17, 15) is 5.11 Å². The van der Waals surface area contributed by atoms with Crippen molar-refractivity contribution in [1.82, 2.24) is 19.7 Å². The standard InChI is InChI=1S/C19H28N4O2/c1-4-11-23-18(20-14-21-23)13-22-12-5-6-17(22)19(2,24)15-7-9-16(25-3)10-8-15/h7-10,14,17,24H,4-6,11-13H2,1-3H3/t17-,19+/m0/s1. The molecule has 1 N–H and O–H groups in total. The molecule has 0 amide bonds. The molecular weight excluding hydrogens is 316 g/mol. The first-order valence-electron chi connectivity index (χ1n) is 9.04. The van der Waals surface area contributed by atoms with Crippen LogP contribution in [0.4, 0.5) is 0 Å². The third-order valence-corrected chi connectivity index (χ3v) is 5.16. The Morgan fingerprint density at radius 3 is 2.76 bits per heavy atom. The molecule has 0 radical (unpaired) electrons. The van der Waals surface area contributed by atoms with Gasteiger partial charge in [-0.25, -0.2) is 9.67 Å². The molecule has 0 unspecified atom stereocenters. The van der Waals surface area contributed by atoms with Gasteiger partial charge in [0.05, 0.1) is 13.7 Å². The second kappa shape index (κ2) is 7.54. The van der Waals surface area contributed by atoms with Gasteiger partial charge in [-0.2, -0.15) is 5.10 Å². The number of hydrogen-bond donors (Lipinski definition) is 1. The lowest BCUT2D eigenvalue weighted by Crippen LogP contribution is -2.45. The predicted octanol–water partition coefficient (Wildman–Crippen LogP) is 2.57. The van der Waals surface area contributed by atoms with Crippen molar-refractivity contribution in [3.8, 4) is 5.75 Å². The van der Waals surface area contributed by atoms with Crippen LogP contribution in [0.25, 0.3) is 0 Å². The highest BCUT2D eigenvalue weighted by Gasteiger charge is 2.40. The fourth-order valence-electron chi connectivity index (χ4n) is 3.76. The van der Waals surface area contributed by atoms with E-state index in [1.807, 2.05) is 35.9 Å². The molecule has 1 aromatic carbocycles. The summed E-state index contributed by atoms with van der Waals surface area (Å²) >= 11 is 0. The van der Waals surface area contributed by atoms with Crippen molar-refractivity contribution in [3.05, 3.63) is 42.0 Å². The van der Waals surface area contributed by atoms with E-state index in [-0.39, 0.29) is 6.04 Å². The summed E-state index contributed by atoms with van der Waals surface area (Å²) < 4.78 is 7.19. The first-order valence-corrected chi connectivity index (χ1v) is 9.04. The zero-order valence-corrected chi connectivity index (χ0v) is 15.4. The fraction of sp³-hybridized carbons (Fsp3) is 0.579. The van der Waals surface area contributed by atoms with E-state index in [4.69, 9.17) is 4.74 Å². The first-order chi connectivity index (χ1) is 12.1. The Balaban J connectivity index is 1.78. The van der Waals surface area contributed by atoms with Crippen molar-refractivity contribution in [2.24, 2.45) is 0 Å². The Morgan fingerprint density at radius 1 is 1.32 bits per heavy atom. The number of ether oxygens (including phenoxy) is 1. The number of aliphatic hydroxyl groups is 1. The lowest BCUT2D eigenvalue weighted by molar-refractivity contribution is -0.0264. The first kappa shape index (κ1) is 17.9. The molecule has 1 aliphatic rings. The highest BCUT2D eigenvalue weighted by Crippen LogP contribution is 2.35. The van der Waals surface area contributed by atoms with Crippen LogP contribution in [0, 0.1) is 0 Å². The molecule has 1 saturated heterocycles. The minimum absolute atomic E-state index is 0.0627. The van der Waals surface area contributed by atoms with Gasteiger partial charge in [-0.15, -0.1) is 0 Å². The maximum atomic E-state index is 11.3. The summed E-state index contributed by atoms with van der Waals surface area (Å²) in [6.45, 7) is 6.61. The van der Waals surface area contributed by atoms with E-state index in [0.717, 1.165) is 56.0 Å². The van der Waals surface area contributed by atoms with Crippen molar-refractivity contribution in [2.75, 3.05) is 13.7 Å². The van der Waals surface area contributed by atoms with Crippen LogP contribution >= 0.6 is 0 Å². The number of benzene rings is 1. The van der Waals surface area contributed by atoms with E-state index < -0.39 is 5.60 Å². The highest BCUT2D eigenvalue weighted by atomic mass is 16.5. The van der Waals surface area contributed by atoms with Crippen LogP contribution < -0.4 is 4.74 Å². The lowest BCUT2D eigenvalue weighted by Gasteiger charge is -2.37. The van der Waals surface area contributed by atoms with Gasteiger partial charge in [-0.1, -0.05) is 19.1 Å². The van der Waals surface area contributed by atoms with Gasteiger partial charge in [-0.3, -0.25) is 4.90 Å².